The summed E-state index contributed by atoms with van der Waals surface area (Å²) in [5.41, 5.74) is 13.8. The number of anilines is 1. The van der Waals surface area contributed by atoms with Crippen molar-refractivity contribution in [1.29, 1.82) is 0 Å². The van der Waals surface area contributed by atoms with Gasteiger partial charge in [0.2, 0.25) is 0 Å². The van der Waals surface area contributed by atoms with Crippen LogP contribution in [-0.2, 0) is 6.42 Å². The number of hydrogen-bond donors (Lipinski definition) is 2. The van der Waals surface area contributed by atoms with Crippen LogP contribution in [0.15, 0.2) is 53.7 Å². The first kappa shape index (κ1) is 12.9. The van der Waals surface area contributed by atoms with Crippen molar-refractivity contribution in [1.82, 2.24) is 4.98 Å². The maximum absolute atomic E-state index is 6.12. The highest BCUT2D eigenvalue weighted by Gasteiger charge is 2.07. The summed E-state index contributed by atoms with van der Waals surface area (Å²) in [6.45, 7) is 0. The van der Waals surface area contributed by atoms with Gasteiger partial charge in [-0.05, 0) is 30.2 Å². The third kappa shape index (κ3) is 3.75. The first-order chi connectivity index (χ1) is 8.75. The Kier molecular flexibility index (Phi) is 4.61. The van der Waals surface area contributed by atoms with Crippen molar-refractivity contribution in [2.75, 3.05) is 11.5 Å². The van der Waals surface area contributed by atoms with Crippen LogP contribution in [-0.4, -0.2) is 16.8 Å². The molecule has 1 aromatic heterocycles. The van der Waals surface area contributed by atoms with Gasteiger partial charge >= 0.3 is 0 Å². The molecule has 2 aromatic rings. The highest BCUT2D eigenvalue weighted by molar-refractivity contribution is 7.99. The maximum Gasteiger partial charge on any atom is 0.0378 e. The van der Waals surface area contributed by atoms with E-state index in [1.165, 1.54) is 4.90 Å². The van der Waals surface area contributed by atoms with Crippen molar-refractivity contribution in [2.45, 2.75) is 17.4 Å². The molecule has 0 aliphatic heterocycles. The summed E-state index contributed by atoms with van der Waals surface area (Å²) in [6, 6.07) is 12.2. The molecular formula is C14H17N3S. The monoisotopic (exact) mass is 259 g/mol. The number of nitrogen functional groups attached to an aromatic ring is 1. The van der Waals surface area contributed by atoms with Crippen LogP contribution in [0.5, 0.6) is 0 Å². The third-order valence-corrected chi connectivity index (χ3v) is 3.83. The van der Waals surface area contributed by atoms with E-state index in [1.807, 2.05) is 24.3 Å². The topological polar surface area (TPSA) is 64.9 Å². The quantitative estimate of drug-likeness (QED) is 0.809. The van der Waals surface area contributed by atoms with E-state index in [4.69, 9.17) is 11.5 Å². The van der Waals surface area contributed by atoms with E-state index in [9.17, 15) is 0 Å². The predicted molar refractivity (Wildman–Crippen MR) is 77.5 cm³/mol. The van der Waals surface area contributed by atoms with Gasteiger partial charge in [0.15, 0.2) is 0 Å². The van der Waals surface area contributed by atoms with E-state index in [-0.39, 0.29) is 6.04 Å². The van der Waals surface area contributed by atoms with E-state index in [0.29, 0.717) is 0 Å². The summed E-state index contributed by atoms with van der Waals surface area (Å²) < 4.78 is 0. The molecule has 0 bridgehead atoms. The van der Waals surface area contributed by atoms with Crippen LogP contribution < -0.4 is 11.5 Å². The molecule has 1 aromatic carbocycles. The molecule has 18 heavy (non-hydrogen) atoms. The Balaban J connectivity index is 1.86. The molecular weight excluding hydrogens is 242 g/mol. The van der Waals surface area contributed by atoms with Crippen LogP contribution in [0.1, 0.15) is 5.56 Å². The minimum Gasteiger partial charge on any atom is -0.398 e. The van der Waals surface area contributed by atoms with Gasteiger partial charge in [-0.2, -0.15) is 0 Å². The molecule has 3 nitrogen and oxygen atoms in total. The lowest BCUT2D eigenvalue weighted by Gasteiger charge is -2.12. The van der Waals surface area contributed by atoms with Crippen molar-refractivity contribution >= 4 is 17.4 Å². The maximum atomic E-state index is 6.12. The van der Waals surface area contributed by atoms with Crippen LogP contribution in [0.2, 0.25) is 0 Å². The van der Waals surface area contributed by atoms with Crippen molar-refractivity contribution in [3.8, 4) is 0 Å². The predicted octanol–water partition coefficient (Wildman–Crippen LogP) is 2.33. The van der Waals surface area contributed by atoms with E-state index >= 15 is 0 Å². The lowest BCUT2D eigenvalue weighted by molar-refractivity contribution is 0.747. The fourth-order valence-electron chi connectivity index (χ4n) is 1.67. The second-order valence-corrected chi connectivity index (χ2v) is 5.26. The number of rotatable bonds is 5. The van der Waals surface area contributed by atoms with Gasteiger partial charge in [0.05, 0.1) is 0 Å². The Hall–Kier alpha value is -1.52. The SMILES string of the molecule is Nc1ccncc1CC(N)CSc1ccccc1. The van der Waals surface area contributed by atoms with Gasteiger partial charge < -0.3 is 11.5 Å². The van der Waals surface area contributed by atoms with Gasteiger partial charge in [-0.25, -0.2) is 0 Å². The molecule has 0 aliphatic carbocycles. The third-order valence-electron chi connectivity index (χ3n) is 2.63. The minimum absolute atomic E-state index is 0.0849. The summed E-state index contributed by atoms with van der Waals surface area (Å²) in [6.07, 6.45) is 4.25. The number of nitrogens with zero attached hydrogens (tertiary/aromatic N) is 1. The first-order valence-electron chi connectivity index (χ1n) is 5.87. The normalized spacial score (nSPS) is 12.3. The fraction of sp³-hybridized carbons (Fsp3) is 0.214. The first-order valence-corrected chi connectivity index (χ1v) is 6.86. The molecule has 94 valence electrons. The van der Waals surface area contributed by atoms with Crippen molar-refractivity contribution in [3.63, 3.8) is 0 Å². The van der Waals surface area contributed by atoms with E-state index < -0.39 is 0 Å². The van der Waals surface area contributed by atoms with Gasteiger partial charge in [0.1, 0.15) is 0 Å². The lowest BCUT2D eigenvalue weighted by Crippen LogP contribution is -2.26. The summed E-state index contributed by atoms with van der Waals surface area (Å²) in [5.74, 6) is 0.873. The Morgan fingerprint density at radius 1 is 1.17 bits per heavy atom. The highest BCUT2D eigenvalue weighted by Crippen LogP contribution is 2.19. The fourth-order valence-corrected chi connectivity index (χ4v) is 2.54. The van der Waals surface area contributed by atoms with Gasteiger partial charge in [-0.1, -0.05) is 18.2 Å². The summed E-state index contributed by atoms with van der Waals surface area (Å²) >= 11 is 1.77. The van der Waals surface area contributed by atoms with Gasteiger partial charge in [0, 0.05) is 34.8 Å². The van der Waals surface area contributed by atoms with Crippen molar-refractivity contribution in [2.24, 2.45) is 5.73 Å². The Morgan fingerprint density at radius 3 is 2.67 bits per heavy atom. The lowest BCUT2D eigenvalue weighted by atomic mass is 10.1. The molecule has 0 saturated heterocycles. The van der Waals surface area contributed by atoms with Gasteiger partial charge in [-0.15, -0.1) is 11.8 Å². The summed E-state index contributed by atoms with van der Waals surface area (Å²) in [5, 5.41) is 0. The van der Waals surface area contributed by atoms with Crippen LogP contribution >= 0.6 is 11.8 Å². The standard InChI is InChI=1S/C14H17N3S/c15-12(8-11-9-17-7-6-14(11)16)10-18-13-4-2-1-3-5-13/h1-7,9,12H,8,10,15H2,(H2,16,17). The average Bonchev–Trinajstić information content (AvgIpc) is 2.40. The molecule has 1 heterocycles. The van der Waals surface area contributed by atoms with E-state index in [2.05, 4.69) is 17.1 Å². The molecule has 0 spiro atoms. The second kappa shape index (κ2) is 6.42. The Morgan fingerprint density at radius 2 is 1.94 bits per heavy atom. The number of benzene rings is 1. The molecule has 0 radical (unpaired) electrons. The number of nitrogens with two attached hydrogens (primary N) is 2. The molecule has 4 heteroatoms. The van der Waals surface area contributed by atoms with Crippen molar-refractivity contribution < 1.29 is 0 Å². The summed E-state index contributed by atoms with van der Waals surface area (Å²) in [4.78, 5) is 5.32. The largest absolute Gasteiger partial charge is 0.398 e. The molecule has 0 fully saturated rings. The molecule has 1 unspecified atom stereocenters. The highest BCUT2D eigenvalue weighted by atomic mass is 32.2. The number of hydrogen-bond acceptors (Lipinski definition) is 4. The zero-order chi connectivity index (χ0) is 12.8. The molecule has 2 rings (SSSR count). The zero-order valence-corrected chi connectivity index (χ0v) is 10.9. The average molecular weight is 259 g/mol. The van der Waals surface area contributed by atoms with Crippen LogP contribution in [0.3, 0.4) is 0 Å². The zero-order valence-electron chi connectivity index (χ0n) is 10.1. The Labute approximate surface area is 112 Å². The summed E-state index contributed by atoms with van der Waals surface area (Å²) in [7, 11) is 0. The number of aromatic nitrogens is 1. The van der Waals surface area contributed by atoms with E-state index in [0.717, 1.165) is 23.4 Å². The van der Waals surface area contributed by atoms with Crippen LogP contribution in [0, 0.1) is 0 Å². The molecule has 0 saturated carbocycles. The van der Waals surface area contributed by atoms with Gasteiger partial charge in [-0.3, -0.25) is 4.98 Å². The molecule has 4 N–H and O–H groups in total. The second-order valence-electron chi connectivity index (χ2n) is 4.16. The van der Waals surface area contributed by atoms with Crippen LogP contribution in [0.25, 0.3) is 0 Å². The Bertz CT molecular complexity index is 487. The number of pyridine rings is 1. The minimum atomic E-state index is 0.0849. The van der Waals surface area contributed by atoms with E-state index in [1.54, 1.807) is 24.2 Å². The molecule has 1 atom stereocenters. The number of thioether (sulfide) groups is 1. The van der Waals surface area contributed by atoms with Crippen molar-refractivity contribution in [3.05, 3.63) is 54.4 Å². The smallest absolute Gasteiger partial charge is 0.0378 e. The molecule has 0 amide bonds. The van der Waals surface area contributed by atoms with Gasteiger partial charge in [0.25, 0.3) is 0 Å². The van der Waals surface area contributed by atoms with Crippen LogP contribution in [0.4, 0.5) is 5.69 Å². The molecule has 0 aliphatic rings.